The van der Waals surface area contributed by atoms with Gasteiger partial charge in [0.1, 0.15) is 5.82 Å². The van der Waals surface area contributed by atoms with Gasteiger partial charge < -0.3 is 4.90 Å². The number of halogens is 1. The quantitative estimate of drug-likeness (QED) is 0.344. The van der Waals surface area contributed by atoms with Crippen LogP contribution in [0.15, 0.2) is 47.4 Å². The maximum atomic E-state index is 13.0. The van der Waals surface area contributed by atoms with Crippen molar-refractivity contribution in [2.24, 2.45) is 0 Å². The molecule has 154 valence electrons. The molecule has 0 saturated heterocycles. The number of likely N-dealkylation sites (N-methyl/N-ethyl adjacent to an activating group) is 1. The first-order chi connectivity index (χ1) is 13.9. The largest absolute Gasteiger partial charge is 0.308 e. The molecule has 0 unspecified atom stereocenters. The van der Waals surface area contributed by atoms with Crippen molar-refractivity contribution in [1.82, 2.24) is 9.88 Å². The van der Waals surface area contributed by atoms with Gasteiger partial charge >= 0.3 is 0 Å². The van der Waals surface area contributed by atoms with Crippen LogP contribution in [0.4, 0.5) is 9.52 Å². The summed E-state index contributed by atoms with van der Waals surface area (Å²) in [4.78, 5) is 22.6. The smallest absolute Gasteiger partial charge is 0.228 e. The van der Waals surface area contributed by atoms with E-state index in [0.29, 0.717) is 13.0 Å². The molecule has 1 amide bonds. The van der Waals surface area contributed by atoms with E-state index in [1.54, 1.807) is 35.2 Å². The van der Waals surface area contributed by atoms with Crippen LogP contribution >= 0.6 is 23.1 Å². The standard InChI is InChI=1S/C22H26FN3OS2/c1-16-6-11-19-20(15-16)29-22(24-19)26(13-12-25(2)3)21(27)5-4-14-28-18-9-7-17(23)8-10-18/h6-11,15H,4-5,12-14H2,1-3H3. The fourth-order valence-corrected chi connectivity index (χ4v) is 4.80. The molecule has 0 fully saturated rings. The van der Waals surface area contributed by atoms with E-state index in [0.717, 1.165) is 39.0 Å². The molecule has 3 rings (SSSR count). The van der Waals surface area contributed by atoms with Crippen molar-refractivity contribution in [2.45, 2.75) is 24.7 Å². The minimum absolute atomic E-state index is 0.0994. The van der Waals surface area contributed by atoms with Gasteiger partial charge in [-0.2, -0.15) is 0 Å². The van der Waals surface area contributed by atoms with E-state index in [4.69, 9.17) is 4.98 Å². The number of anilines is 1. The Morgan fingerprint density at radius 1 is 1.14 bits per heavy atom. The second-order valence-electron chi connectivity index (χ2n) is 7.22. The number of thiazole rings is 1. The lowest BCUT2D eigenvalue weighted by Gasteiger charge is -2.22. The Labute approximate surface area is 179 Å². The highest BCUT2D eigenvalue weighted by Crippen LogP contribution is 2.30. The zero-order valence-corrected chi connectivity index (χ0v) is 18.7. The summed E-state index contributed by atoms with van der Waals surface area (Å²) < 4.78 is 14.1. The van der Waals surface area contributed by atoms with Gasteiger partial charge in [-0.05, 0) is 75.2 Å². The van der Waals surface area contributed by atoms with Gasteiger partial charge in [0.05, 0.1) is 10.2 Å². The number of hydrogen-bond donors (Lipinski definition) is 0. The fraction of sp³-hybridized carbons (Fsp3) is 0.364. The van der Waals surface area contributed by atoms with Crippen molar-refractivity contribution in [3.05, 3.63) is 53.8 Å². The summed E-state index contributed by atoms with van der Waals surface area (Å²) in [5.74, 6) is 0.687. The highest BCUT2D eigenvalue weighted by Gasteiger charge is 2.19. The van der Waals surface area contributed by atoms with Gasteiger partial charge in [0.15, 0.2) is 5.13 Å². The molecule has 2 aromatic carbocycles. The summed E-state index contributed by atoms with van der Waals surface area (Å²) in [6.07, 6.45) is 1.24. The Kier molecular flexibility index (Phi) is 7.64. The van der Waals surface area contributed by atoms with Crippen LogP contribution in [-0.2, 0) is 4.79 Å². The van der Waals surface area contributed by atoms with Gasteiger partial charge in [-0.3, -0.25) is 9.69 Å². The molecule has 0 saturated carbocycles. The highest BCUT2D eigenvalue weighted by molar-refractivity contribution is 7.99. The van der Waals surface area contributed by atoms with E-state index in [1.165, 1.54) is 17.7 Å². The molecule has 0 aliphatic carbocycles. The van der Waals surface area contributed by atoms with Crippen molar-refractivity contribution < 1.29 is 9.18 Å². The van der Waals surface area contributed by atoms with Crippen LogP contribution in [0.3, 0.4) is 0 Å². The Morgan fingerprint density at radius 3 is 2.62 bits per heavy atom. The number of aryl methyl sites for hydroxylation is 1. The second kappa shape index (κ2) is 10.2. The summed E-state index contributed by atoms with van der Waals surface area (Å²) in [6, 6.07) is 12.6. The minimum Gasteiger partial charge on any atom is -0.308 e. The van der Waals surface area contributed by atoms with Gasteiger partial charge in [-0.15, -0.1) is 11.8 Å². The SMILES string of the molecule is Cc1ccc2nc(N(CCN(C)C)C(=O)CCCSc3ccc(F)cc3)sc2c1. The van der Waals surface area contributed by atoms with E-state index >= 15 is 0 Å². The van der Waals surface area contributed by atoms with Crippen molar-refractivity contribution in [1.29, 1.82) is 0 Å². The average Bonchev–Trinajstić information content (AvgIpc) is 3.09. The predicted molar refractivity (Wildman–Crippen MR) is 122 cm³/mol. The number of nitrogens with zero attached hydrogens (tertiary/aromatic N) is 3. The lowest BCUT2D eigenvalue weighted by molar-refractivity contribution is -0.118. The summed E-state index contributed by atoms with van der Waals surface area (Å²) in [5.41, 5.74) is 2.13. The first kappa shape index (κ1) is 21.7. The third kappa shape index (κ3) is 6.26. The molecule has 0 spiro atoms. The van der Waals surface area contributed by atoms with E-state index < -0.39 is 0 Å². The van der Waals surface area contributed by atoms with Crippen LogP contribution in [0.2, 0.25) is 0 Å². The number of fused-ring (bicyclic) bond motifs is 1. The molecule has 0 bridgehead atoms. The van der Waals surface area contributed by atoms with Crippen LogP contribution in [0, 0.1) is 12.7 Å². The molecule has 0 atom stereocenters. The predicted octanol–water partition coefficient (Wildman–Crippen LogP) is 5.21. The number of thioether (sulfide) groups is 1. The summed E-state index contributed by atoms with van der Waals surface area (Å²) >= 11 is 3.22. The maximum Gasteiger partial charge on any atom is 0.228 e. The number of carbonyl (C=O) groups is 1. The molecule has 0 aliphatic rings. The molecular weight excluding hydrogens is 405 g/mol. The normalized spacial score (nSPS) is 11.3. The topological polar surface area (TPSA) is 36.4 Å². The zero-order valence-electron chi connectivity index (χ0n) is 17.0. The summed E-state index contributed by atoms with van der Waals surface area (Å²) in [5, 5.41) is 0.767. The molecule has 0 radical (unpaired) electrons. The lowest BCUT2D eigenvalue weighted by Crippen LogP contribution is -2.36. The van der Waals surface area contributed by atoms with E-state index in [2.05, 4.69) is 17.9 Å². The Hall–Kier alpha value is -1.96. The van der Waals surface area contributed by atoms with E-state index in [-0.39, 0.29) is 11.7 Å². The van der Waals surface area contributed by atoms with Crippen LogP contribution < -0.4 is 4.90 Å². The lowest BCUT2D eigenvalue weighted by atomic mass is 10.2. The van der Waals surface area contributed by atoms with Crippen LogP contribution in [-0.4, -0.2) is 48.7 Å². The average molecular weight is 432 g/mol. The van der Waals surface area contributed by atoms with Gasteiger partial charge in [-0.25, -0.2) is 9.37 Å². The van der Waals surface area contributed by atoms with Gasteiger partial charge in [0, 0.05) is 24.4 Å². The van der Waals surface area contributed by atoms with E-state index in [9.17, 15) is 9.18 Å². The maximum absolute atomic E-state index is 13.0. The number of hydrogen-bond acceptors (Lipinski definition) is 5. The van der Waals surface area contributed by atoms with E-state index in [1.807, 2.05) is 31.1 Å². The first-order valence-corrected chi connectivity index (χ1v) is 11.4. The van der Waals surface area contributed by atoms with Crippen molar-refractivity contribution in [3.63, 3.8) is 0 Å². The molecule has 1 heterocycles. The van der Waals surface area contributed by atoms with Gasteiger partial charge in [-0.1, -0.05) is 17.4 Å². The number of rotatable bonds is 9. The third-order valence-electron chi connectivity index (χ3n) is 4.45. The van der Waals surface area contributed by atoms with Crippen molar-refractivity contribution in [2.75, 3.05) is 37.8 Å². The first-order valence-electron chi connectivity index (χ1n) is 9.63. The summed E-state index contributed by atoms with van der Waals surface area (Å²) in [6.45, 7) is 3.47. The second-order valence-corrected chi connectivity index (χ2v) is 9.40. The van der Waals surface area contributed by atoms with Crippen LogP contribution in [0.1, 0.15) is 18.4 Å². The summed E-state index contributed by atoms with van der Waals surface area (Å²) in [7, 11) is 4.01. The highest BCUT2D eigenvalue weighted by atomic mass is 32.2. The monoisotopic (exact) mass is 431 g/mol. The Bertz CT molecular complexity index is 956. The number of aromatic nitrogens is 1. The van der Waals surface area contributed by atoms with Gasteiger partial charge in [0.2, 0.25) is 5.91 Å². The van der Waals surface area contributed by atoms with Crippen LogP contribution in [0.25, 0.3) is 10.2 Å². The number of carbonyl (C=O) groups excluding carboxylic acids is 1. The zero-order chi connectivity index (χ0) is 20.8. The molecule has 0 N–H and O–H groups in total. The Morgan fingerprint density at radius 2 is 1.90 bits per heavy atom. The van der Waals surface area contributed by atoms with Crippen LogP contribution in [0.5, 0.6) is 0 Å². The molecule has 7 heteroatoms. The van der Waals surface area contributed by atoms with Gasteiger partial charge in [0.25, 0.3) is 0 Å². The minimum atomic E-state index is -0.230. The molecule has 4 nitrogen and oxygen atoms in total. The third-order valence-corrected chi connectivity index (χ3v) is 6.59. The number of amides is 1. The fourth-order valence-electron chi connectivity index (χ4n) is 2.84. The van der Waals surface area contributed by atoms with Crippen molar-refractivity contribution >= 4 is 44.4 Å². The molecule has 0 aliphatic heterocycles. The molecule has 3 aromatic rings. The molecule has 1 aromatic heterocycles. The molecular formula is C22H26FN3OS2. The number of benzene rings is 2. The molecule has 29 heavy (non-hydrogen) atoms. The Balaban J connectivity index is 1.63. The van der Waals surface area contributed by atoms with Crippen molar-refractivity contribution in [3.8, 4) is 0 Å².